The summed E-state index contributed by atoms with van der Waals surface area (Å²) in [5.74, 6) is 1.23. The van der Waals surface area contributed by atoms with Gasteiger partial charge in [-0.2, -0.15) is 0 Å². The highest BCUT2D eigenvalue weighted by molar-refractivity contribution is 14.1. The van der Waals surface area contributed by atoms with Crippen LogP contribution in [0.5, 0.6) is 5.75 Å². The number of fused-ring (bicyclic) bond motifs is 2. The van der Waals surface area contributed by atoms with E-state index in [0.29, 0.717) is 28.2 Å². The minimum atomic E-state index is -0.118. The molecule has 2 aromatic heterocycles. The summed E-state index contributed by atoms with van der Waals surface area (Å²) in [7, 11) is 1.62. The lowest BCUT2D eigenvalue weighted by Gasteiger charge is -2.12. The second kappa shape index (κ2) is 10.3. The van der Waals surface area contributed by atoms with Crippen molar-refractivity contribution in [3.63, 3.8) is 0 Å². The van der Waals surface area contributed by atoms with Crippen LogP contribution in [0.2, 0.25) is 0 Å². The van der Waals surface area contributed by atoms with Crippen molar-refractivity contribution in [1.82, 2.24) is 14.1 Å². The van der Waals surface area contributed by atoms with Crippen LogP contribution >= 0.6 is 22.6 Å². The van der Waals surface area contributed by atoms with E-state index in [1.54, 1.807) is 11.7 Å². The number of hydrogen-bond acceptors (Lipinski definition) is 3. The van der Waals surface area contributed by atoms with E-state index >= 15 is 0 Å². The zero-order chi connectivity index (χ0) is 26.1. The molecule has 5 nitrogen and oxygen atoms in total. The number of rotatable bonds is 6. The van der Waals surface area contributed by atoms with Gasteiger partial charge in [-0.25, -0.2) is 4.98 Å². The molecule has 0 atom stereocenters. The predicted octanol–water partition coefficient (Wildman–Crippen LogP) is 7.17. The predicted molar refractivity (Wildman–Crippen MR) is 163 cm³/mol. The summed E-state index contributed by atoms with van der Waals surface area (Å²) >= 11 is 2.22. The van der Waals surface area contributed by atoms with E-state index in [0.717, 1.165) is 26.6 Å². The third kappa shape index (κ3) is 4.63. The number of para-hydroxylation sites is 1. The number of methoxy groups -OCH3 is 1. The molecule has 0 saturated carbocycles. The monoisotopic (exact) mass is 609 g/mol. The molecule has 0 saturated heterocycles. The van der Waals surface area contributed by atoms with Gasteiger partial charge in [-0.15, -0.1) is 0 Å². The van der Waals surface area contributed by atoms with Crippen LogP contribution in [-0.4, -0.2) is 21.2 Å². The number of hydrogen-bond donors (Lipinski definition) is 0. The standard InChI is InChI=1S/C32H24IN3O2/c1-38-26-11-7-10-25(19-26)36-31(34-29-16-15-24(33)18-28(29)32(36)37)17-14-23-21-35(20-22-8-3-2-4-9-22)30-13-6-5-12-27(23)30/h2-19,21H,20H2,1H3. The molecule has 0 aliphatic heterocycles. The highest BCUT2D eigenvalue weighted by atomic mass is 127. The fourth-order valence-corrected chi connectivity index (χ4v) is 5.26. The molecule has 6 rings (SSSR count). The molecule has 0 aliphatic carbocycles. The van der Waals surface area contributed by atoms with E-state index in [2.05, 4.69) is 81.9 Å². The van der Waals surface area contributed by atoms with Gasteiger partial charge in [-0.3, -0.25) is 9.36 Å². The van der Waals surface area contributed by atoms with Crippen LogP contribution in [0.25, 0.3) is 39.6 Å². The molecule has 2 heterocycles. The Balaban J connectivity index is 1.51. The summed E-state index contributed by atoms with van der Waals surface area (Å²) in [6, 6.07) is 32.0. The van der Waals surface area contributed by atoms with Gasteiger partial charge in [-0.1, -0.05) is 54.6 Å². The molecule has 4 aromatic carbocycles. The number of ether oxygens (including phenoxy) is 1. The number of nitrogens with zero attached hydrogens (tertiary/aromatic N) is 3. The molecule has 0 spiro atoms. The third-order valence-corrected chi connectivity index (χ3v) is 7.27. The van der Waals surface area contributed by atoms with Crippen molar-refractivity contribution < 1.29 is 4.74 Å². The van der Waals surface area contributed by atoms with Crippen LogP contribution in [0.3, 0.4) is 0 Å². The molecule has 0 radical (unpaired) electrons. The maximum atomic E-state index is 13.8. The van der Waals surface area contributed by atoms with E-state index < -0.39 is 0 Å². The van der Waals surface area contributed by atoms with Crippen molar-refractivity contribution in [3.8, 4) is 11.4 Å². The van der Waals surface area contributed by atoms with Crippen molar-refractivity contribution in [1.29, 1.82) is 0 Å². The summed E-state index contributed by atoms with van der Waals surface area (Å²) in [4.78, 5) is 18.7. The summed E-state index contributed by atoms with van der Waals surface area (Å²) in [6.45, 7) is 0.774. The Bertz CT molecular complexity index is 1870. The molecule has 6 aromatic rings. The van der Waals surface area contributed by atoms with Gasteiger partial charge in [0.2, 0.25) is 0 Å². The first-order chi connectivity index (χ1) is 18.6. The molecule has 0 fully saturated rings. The Labute approximate surface area is 233 Å². The minimum Gasteiger partial charge on any atom is -0.497 e. The molecular formula is C32H24IN3O2. The first-order valence-corrected chi connectivity index (χ1v) is 13.4. The zero-order valence-electron chi connectivity index (χ0n) is 20.7. The Hall–Kier alpha value is -4.17. The van der Waals surface area contributed by atoms with E-state index in [1.807, 2.05) is 60.7 Å². The normalized spacial score (nSPS) is 11.5. The Morgan fingerprint density at radius 2 is 1.68 bits per heavy atom. The average molecular weight is 609 g/mol. The maximum absolute atomic E-state index is 13.8. The van der Waals surface area contributed by atoms with Crippen LogP contribution in [-0.2, 0) is 6.54 Å². The number of halogens is 1. The van der Waals surface area contributed by atoms with E-state index in [4.69, 9.17) is 9.72 Å². The second-order valence-electron chi connectivity index (χ2n) is 9.02. The summed E-state index contributed by atoms with van der Waals surface area (Å²) in [5.41, 5.74) is 4.71. The van der Waals surface area contributed by atoms with Gasteiger partial charge >= 0.3 is 0 Å². The van der Waals surface area contributed by atoms with Crippen LogP contribution in [0.1, 0.15) is 17.0 Å². The van der Waals surface area contributed by atoms with Gasteiger partial charge in [0.15, 0.2) is 0 Å². The van der Waals surface area contributed by atoms with Crippen LogP contribution < -0.4 is 10.3 Å². The quantitative estimate of drug-likeness (QED) is 0.188. The Morgan fingerprint density at radius 1 is 0.868 bits per heavy atom. The SMILES string of the molecule is COc1cccc(-n2c(C=Cc3cn(Cc4ccccc4)c4ccccc34)nc3ccc(I)cc3c2=O)c1. The van der Waals surface area contributed by atoms with Crippen LogP contribution in [0.4, 0.5) is 0 Å². The minimum absolute atomic E-state index is 0.118. The molecule has 6 heteroatoms. The summed E-state index contributed by atoms with van der Waals surface area (Å²) in [5, 5.41) is 1.72. The van der Waals surface area contributed by atoms with Gasteiger partial charge in [0.1, 0.15) is 11.6 Å². The molecule has 0 bridgehead atoms. The fourth-order valence-electron chi connectivity index (χ4n) is 4.77. The fraction of sp³-hybridized carbons (Fsp3) is 0.0625. The Kier molecular flexibility index (Phi) is 6.55. The third-order valence-electron chi connectivity index (χ3n) is 6.59. The lowest BCUT2D eigenvalue weighted by Crippen LogP contribution is -2.22. The first-order valence-electron chi connectivity index (χ1n) is 12.3. The Morgan fingerprint density at radius 3 is 2.53 bits per heavy atom. The highest BCUT2D eigenvalue weighted by Gasteiger charge is 2.13. The highest BCUT2D eigenvalue weighted by Crippen LogP contribution is 2.25. The maximum Gasteiger partial charge on any atom is 0.266 e. The second-order valence-corrected chi connectivity index (χ2v) is 10.3. The van der Waals surface area contributed by atoms with Gasteiger partial charge < -0.3 is 9.30 Å². The van der Waals surface area contributed by atoms with E-state index in [-0.39, 0.29) is 5.56 Å². The molecule has 0 aliphatic rings. The summed E-state index contributed by atoms with van der Waals surface area (Å²) in [6.07, 6.45) is 6.12. The molecule has 0 unspecified atom stereocenters. The molecule has 0 amide bonds. The van der Waals surface area contributed by atoms with Crippen molar-refractivity contribution in [2.75, 3.05) is 7.11 Å². The van der Waals surface area contributed by atoms with Gasteiger partial charge in [-0.05, 0) is 76.7 Å². The lowest BCUT2D eigenvalue weighted by atomic mass is 10.1. The van der Waals surface area contributed by atoms with Crippen molar-refractivity contribution in [2.45, 2.75) is 6.54 Å². The molecule has 0 N–H and O–H groups in total. The van der Waals surface area contributed by atoms with Crippen molar-refractivity contribution in [3.05, 3.63) is 134 Å². The van der Waals surface area contributed by atoms with Crippen molar-refractivity contribution >= 4 is 56.5 Å². The van der Waals surface area contributed by atoms with Crippen molar-refractivity contribution in [2.24, 2.45) is 0 Å². The number of benzene rings is 4. The lowest BCUT2D eigenvalue weighted by molar-refractivity contribution is 0.414. The van der Waals surface area contributed by atoms with Gasteiger partial charge in [0.25, 0.3) is 5.56 Å². The zero-order valence-corrected chi connectivity index (χ0v) is 22.9. The smallest absolute Gasteiger partial charge is 0.266 e. The topological polar surface area (TPSA) is 49.0 Å². The summed E-state index contributed by atoms with van der Waals surface area (Å²) < 4.78 is 10.3. The first kappa shape index (κ1) is 24.2. The van der Waals surface area contributed by atoms with Gasteiger partial charge in [0.05, 0.1) is 23.7 Å². The van der Waals surface area contributed by atoms with E-state index in [1.165, 1.54) is 5.56 Å². The molecular weight excluding hydrogens is 585 g/mol. The average Bonchev–Trinajstić information content (AvgIpc) is 3.30. The van der Waals surface area contributed by atoms with Gasteiger partial charge in [0, 0.05) is 38.8 Å². The number of aromatic nitrogens is 3. The molecule has 186 valence electrons. The van der Waals surface area contributed by atoms with Crippen LogP contribution in [0.15, 0.2) is 108 Å². The van der Waals surface area contributed by atoms with E-state index in [9.17, 15) is 4.79 Å². The van der Waals surface area contributed by atoms with Crippen LogP contribution in [0, 0.1) is 3.57 Å². The molecule has 38 heavy (non-hydrogen) atoms. The largest absolute Gasteiger partial charge is 0.497 e.